The van der Waals surface area contributed by atoms with Crippen molar-refractivity contribution in [2.24, 2.45) is 0 Å². The fraction of sp³-hybridized carbons (Fsp3) is 0.480. The van der Waals surface area contributed by atoms with Crippen LogP contribution in [0, 0.1) is 6.92 Å². The molecule has 3 aromatic rings. The lowest BCUT2D eigenvalue weighted by Crippen LogP contribution is -2.15. The molecule has 1 unspecified atom stereocenters. The lowest BCUT2D eigenvalue weighted by atomic mass is 10.1. The lowest BCUT2D eigenvalue weighted by molar-refractivity contribution is 0.102. The minimum absolute atomic E-state index is 0.0739. The number of anilines is 1. The monoisotopic (exact) mass is 466 g/mol. The van der Waals surface area contributed by atoms with Crippen LogP contribution in [0.3, 0.4) is 0 Å². The Kier molecular flexibility index (Phi) is 5.72. The molecule has 1 saturated carbocycles. The van der Waals surface area contributed by atoms with Crippen molar-refractivity contribution in [3.05, 3.63) is 52.8 Å². The van der Waals surface area contributed by atoms with Crippen molar-refractivity contribution in [3.63, 3.8) is 0 Å². The van der Waals surface area contributed by atoms with Crippen LogP contribution >= 0.6 is 0 Å². The average Bonchev–Trinajstić information content (AvgIpc) is 3.51. The van der Waals surface area contributed by atoms with Gasteiger partial charge in [0.15, 0.2) is 15.5 Å². The number of unbranched alkanes of at least 4 members (excludes halogenated alkanes) is 1. The van der Waals surface area contributed by atoms with E-state index in [2.05, 4.69) is 29.5 Å². The normalized spacial score (nSPS) is 19.8. The van der Waals surface area contributed by atoms with Gasteiger partial charge in [-0.15, -0.1) is 0 Å². The highest BCUT2D eigenvalue weighted by molar-refractivity contribution is 7.91. The largest absolute Gasteiger partial charge is 0.322 e. The number of aryl methyl sites for hydroxylation is 2. The van der Waals surface area contributed by atoms with Crippen LogP contribution < -0.4 is 5.32 Å². The number of benzene rings is 1. The molecule has 2 fully saturated rings. The van der Waals surface area contributed by atoms with Gasteiger partial charge >= 0.3 is 0 Å². The van der Waals surface area contributed by atoms with Gasteiger partial charge in [-0.2, -0.15) is 5.10 Å². The van der Waals surface area contributed by atoms with E-state index in [1.807, 2.05) is 25.1 Å². The molecular weight excluding hydrogens is 436 g/mol. The van der Waals surface area contributed by atoms with E-state index in [9.17, 15) is 13.2 Å². The Morgan fingerprint density at radius 2 is 1.94 bits per heavy atom. The maximum Gasteiger partial charge on any atom is 0.256 e. The van der Waals surface area contributed by atoms with Crippen LogP contribution in [0.5, 0.6) is 0 Å². The van der Waals surface area contributed by atoms with E-state index < -0.39 is 9.84 Å². The van der Waals surface area contributed by atoms with Crippen LogP contribution in [0.25, 0.3) is 11.0 Å². The first-order chi connectivity index (χ1) is 15.8. The minimum atomic E-state index is -3.06. The number of nitrogens with one attached hydrogen (secondary N) is 1. The van der Waals surface area contributed by atoms with E-state index in [0.717, 1.165) is 43.5 Å². The predicted octanol–water partition coefficient (Wildman–Crippen LogP) is 4.57. The molecule has 1 aromatic carbocycles. The molecule has 8 heteroatoms. The number of nitrogens with zero attached hydrogens (tertiary/aromatic N) is 3. The Morgan fingerprint density at radius 3 is 2.58 bits per heavy atom. The van der Waals surface area contributed by atoms with Crippen molar-refractivity contribution < 1.29 is 13.2 Å². The quantitative estimate of drug-likeness (QED) is 0.550. The van der Waals surface area contributed by atoms with E-state index in [0.29, 0.717) is 34.6 Å². The van der Waals surface area contributed by atoms with Gasteiger partial charge in [0.2, 0.25) is 0 Å². The number of amides is 1. The van der Waals surface area contributed by atoms with Gasteiger partial charge in [-0.1, -0.05) is 25.5 Å². The molecule has 2 aliphatic rings. The maximum atomic E-state index is 13.4. The van der Waals surface area contributed by atoms with Crippen LogP contribution in [-0.4, -0.2) is 40.6 Å². The minimum Gasteiger partial charge on any atom is -0.322 e. The summed E-state index contributed by atoms with van der Waals surface area (Å²) in [5.41, 5.74) is 4.79. The second kappa shape index (κ2) is 8.56. The van der Waals surface area contributed by atoms with Crippen molar-refractivity contribution in [2.75, 3.05) is 16.8 Å². The molecule has 174 valence electrons. The van der Waals surface area contributed by atoms with Crippen molar-refractivity contribution in [1.82, 2.24) is 14.8 Å². The maximum absolute atomic E-state index is 13.4. The molecule has 1 saturated heterocycles. The van der Waals surface area contributed by atoms with Gasteiger partial charge in [0, 0.05) is 17.3 Å². The van der Waals surface area contributed by atoms with E-state index in [4.69, 9.17) is 4.98 Å². The smallest absolute Gasteiger partial charge is 0.256 e. The van der Waals surface area contributed by atoms with Gasteiger partial charge in [0.05, 0.1) is 34.2 Å². The third-order valence-electron chi connectivity index (χ3n) is 6.68. The molecule has 2 aromatic heterocycles. The lowest BCUT2D eigenvalue weighted by Gasteiger charge is -2.12. The van der Waals surface area contributed by atoms with Crippen LogP contribution in [0.15, 0.2) is 30.3 Å². The molecule has 5 rings (SSSR count). The number of aromatic nitrogens is 3. The third-order valence-corrected chi connectivity index (χ3v) is 8.43. The van der Waals surface area contributed by atoms with E-state index >= 15 is 0 Å². The highest BCUT2D eigenvalue weighted by Crippen LogP contribution is 2.41. The summed E-state index contributed by atoms with van der Waals surface area (Å²) in [6, 6.07) is 9.68. The van der Waals surface area contributed by atoms with Crippen LogP contribution in [0.1, 0.15) is 78.3 Å². The van der Waals surface area contributed by atoms with Gasteiger partial charge in [0.25, 0.3) is 5.91 Å². The molecule has 0 radical (unpaired) electrons. The molecule has 33 heavy (non-hydrogen) atoms. The number of hydrogen-bond donors (Lipinski definition) is 1. The Labute approximate surface area is 194 Å². The van der Waals surface area contributed by atoms with E-state index in [1.165, 1.54) is 5.56 Å². The summed E-state index contributed by atoms with van der Waals surface area (Å²) < 4.78 is 25.9. The van der Waals surface area contributed by atoms with Gasteiger partial charge in [-0.25, -0.2) is 18.1 Å². The zero-order chi connectivity index (χ0) is 23.2. The Morgan fingerprint density at radius 1 is 1.18 bits per heavy atom. The van der Waals surface area contributed by atoms with Crippen molar-refractivity contribution >= 4 is 32.5 Å². The summed E-state index contributed by atoms with van der Waals surface area (Å²) >= 11 is 0. The van der Waals surface area contributed by atoms with Crippen molar-refractivity contribution in [2.45, 2.75) is 64.3 Å². The standard InChI is InChI=1S/C25H30N4O3S/c1-3-4-5-17-6-10-19(11-7-17)26-25(30)21-14-22(18-8-9-18)27-24-23(21)16(2)28-29(24)20-12-13-33(31,32)15-20/h6-7,10-11,14,18,20H,3-5,8-9,12-13,15H2,1-2H3,(H,26,30). The molecular formula is C25H30N4O3S. The molecule has 0 spiro atoms. The molecule has 1 aliphatic carbocycles. The first-order valence-electron chi connectivity index (χ1n) is 11.8. The summed E-state index contributed by atoms with van der Waals surface area (Å²) in [4.78, 5) is 18.3. The molecule has 0 bridgehead atoms. The number of carbonyl (C=O) groups excluding carboxylic acids is 1. The summed E-state index contributed by atoms with van der Waals surface area (Å²) in [6.07, 6.45) is 5.98. The van der Waals surface area contributed by atoms with Crippen LogP contribution in [0.4, 0.5) is 5.69 Å². The third kappa shape index (κ3) is 4.53. The summed E-state index contributed by atoms with van der Waals surface area (Å²) in [7, 11) is -3.06. The number of pyridine rings is 1. The summed E-state index contributed by atoms with van der Waals surface area (Å²) in [6.45, 7) is 4.04. The first kappa shape index (κ1) is 22.1. The molecule has 1 amide bonds. The van der Waals surface area contributed by atoms with E-state index in [-0.39, 0.29) is 23.5 Å². The van der Waals surface area contributed by atoms with Crippen molar-refractivity contribution in [1.29, 1.82) is 0 Å². The summed E-state index contributed by atoms with van der Waals surface area (Å²) in [5.74, 6) is 0.411. The zero-order valence-corrected chi connectivity index (χ0v) is 20.0. The van der Waals surface area contributed by atoms with E-state index in [1.54, 1.807) is 4.68 Å². The second-order valence-electron chi connectivity index (χ2n) is 9.41. The Bertz CT molecular complexity index is 1310. The number of fused-ring (bicyclic) bond motifs is 1. The zero-order valence-electron chi connectivity index (χ0n) is 19.2. The molecule has 1 atom stereocenters. The van der Waals surface area contributed by atoms with Gasteiger partial charge < -0.3 is 5.32 Å². The average molecular weight is 467 g/mol. The van der Waals surface area contributed by atoms with Gasteiger partial charge in [-0.3, -0.25) is 4.79 Å². The number of carbonyl (C=O) groups is 1. The number of hydrogen-bond acceptors (Lipinski definition) is 5. The fourth-order valence-corrected chi connectivity index (χ4v) is 6.35. The highest BCUT2D eigenvalue weighted by Gasteiger charge is 2.34. The molecule has 1 N–H and O–H groups in total. The highest BCUT2D eigenvalue weighted by atomic mass is 32.2. The topological polar surface area (TPSA) is 93.9 Å². The van der Waals surface area contributed by atoms with Gasteiger partial charge in [-0.05, 0) is 62.8 Å². The Hall–Kier alpha value is -2.74. The summed E-state index contributed by atoms with van der Waals surface area (Å²) in [5, 5.41) is 8.41. The molecule has 3 heterocycles. The number of sulfone groups is 1. The van der Waals surface area contributed by atoms with Gasteiger partial charge in [0.1, 0.15) is 0 Å². The Balaban J connectivity index is 1.50. The first-order valence-corrected chi connectivity index (χ1v) is 13.7. The second-order valence-corrected chi connectivity index (χ2v) is 11.6. The van der Waals surface area contributed by atoms with Crippen LogP contribution in [0.2, 0.25) is 0 Å². The SMILES string of the molecule is CCCCc1ccc(NC(=O)c2cc(C3CC3)nc3c2c(C)nn3C2CCS(=O)(=O)C2)cc1. The predicted molar refractivity (Wildman–Crippen MR) is 130 cm³/mol. The molecule has 7 nitrogen and oxygen atoms in total. The number of rotatable bonds is 7. The molecule has 1 aliphatic heterocycles. The van der Waals surface area contributed by atoms with Crippen molar-refractivity contribution in [3.8, 4) is 0 Å². The fourth-order valence-electron chi connectivity index (χ4n) is 4.66. The van der Waals surface area contributed by atoms with Crippen LogP contribution in [-0.2, 0) is 16.3 Å².